The largest absolute Gasteiger partial charge is 0.487 e. The van der Waals surface area contributed by atoms with E-state index in [-0.39, 0.29) is 12.4 Å². The highest BCUT2D eigenvalue weighted by atomic mass is 19.1. The number of hydrogen-bond donors (Lipinski definition) is 1. The lowest BCUT2D eigenvalue weighted by Gasteiger charge is -2.12. The first-order chi connectivity index (χ1) is 8.27. The van der Waals surface area contributed by atoms with E-state index in [1.165, 1.54) is 12.1 Å². The summed E-state index contributed by atoms with van der Waals surface area (Å²) in [7, 11) is 0. The fraction of sp³-hybridized carbons (Fsp3) is 0.154. The Morgan fingerprint density at radius 2 is 1.88 bits per heavy atom. The van der Waals surface area contributed by atoms with E-state index in [1.807, 2.05) is 0 Å². The molecule has 1 N–H and O–H groups in total. The van der Waals surface area contributed by atoms with Crippen molar-refractivity contribution in [1.82, 2.24) is 4.98 Å². The highest BCUT2D eigenvalue weighted by Crippen LogP contribution is 2.18. The van der Waals surface area contributed by atoms with Gasteiger partial charge in [-0.25, -0.2) is 4.39 Å². The van der Waals surface area contributed by atoms with Crippen molar-refractivity contribution in [3.63, 3.8) is 0 Å². The number of ether oxygens (including phenoxy) is 1. The normalized spacial score (nSPS) is 12.1. The molecule has 0 saturated heterocycles. The van der Waals surface area contributed by atoms with E-state index in [4.69, 9.17) is 4.74 Å². The molecule has 0 aliphatic heterocycles. The number of aliphatic hydroxyl groups excluding tert-OH is 1. The van der Waals surface area contributed by atoms with Gasteiger partial charge in [-0.3, -0.25) is 4.98 Å². The van der Waals surface area contributed by atoms with Gasteiger partial charge in [-0.2, -0.15) is 0 Å². The maximum atomic E-state index is 13.2. The first-order valence-corrected chi connectivity index (χ1v) is 5.22. The molecule has 0 spiro atoms. The lowest BCUT2D eigenvalue weighted by molar-refractivity contribution is 0.106. The zero-order chi connectivity index (χ0) is 12.1. The van der Waals surface area contributed by atoms with E-state index in [2.05, 4.69) is 4.98 Å². The predicted molar refractivity (Wildman–Crippen MR) is 61.1 cm³/mol. The molecule has 3 nitrogen and oxygen atoms in total. The zero-order valence-corrected chi connectivity index (χ0v) is 9.08. The molecule has 0 fully saturated rings. The molecular weight excluding hydrogens is 221 g/mol. The van der Waals surface area contributed by atoms with Crippen LogP contribution < -0.4 is 4.74 Å². The molecule has 4 heteroatoms. The van der Waals surface area contributed by atoms with Gasteiger partial charge in [-0.1, -0.05) is 12.1 Å². The molecule has 2 rings (SSSR count). The first kappa shape index (κ1) is 11.5. The van der Waals surface area contributed by atoms with Crippen LogP contribution in [0.1, 0.15) is 11.7 Å². The average molecular weight is 233 g/mol. The highest BCUT2D eigenvalue weighted by Gasteiger charge is 2.09. The SMILES string of the molecule is OC(COc1ccccc1F)c1ccncc1. The van der Waals surface area contributed by atoms with Crippen LogP contribution in [0.25, 0.3) is 0 Å². The van der Waals surface area contributed by atoms with Gasteiger partial charge >= 0.3 is 0 Å². The third kappa shape index (κ3) is 3.01. The van der Waals surface area contributed by atoms with Crippen LogP contribution >= 0.6 is 0 Å². The fourth-order valence-electron chi connectivity index (χ4n) is 1.41. The van der Waals surface area contributed by atoms with Gasteiger partial charge in [-0.15, -0.1) is 0 Å². The number of pyridine rings is 1. The van der Waals surface area contributed by atoms with Crippen molar-refractivity contribution in [2.45, 2.75) is 6.10 Å². The number of para-hydroxylation sites is 1. The number of benzene rings is 1. The molecule has 1 aromatic carbocycles. The number of aliphatic hydroxyl groups is 1. The third-order valence-corrected chi connectivity index (χ3v) is 2.32. The number of aromatic nitrogens is 1. The Kier molecular flexibility index (Phi) is 3.67. The van der Waals surface area contributed by atoms with E-state index < -0.39 is 11.9 Å². The smallest absolute Gasteiger partial charge is 0.165 e. The van der Waals surface area contributed by atoms with Crippen molar-refractivity contribution in [3.05, 3.63) is 60.2 Å². The van der Waals surface area contributed by atoms with E-state index in [1.54, 1.807) is 36.7 Å². The van der Waals surface area contributed by atoms with Crippen LogP contribution in [-0.4, -0.2) is 16.7 Å². The predicted octanol–water partition coefficient (Wildman–Crippen LogP) is 2.33. The summed E-state index contributed by atoms with van der Waals surface area (Å²) in [4.78, 5) is 3.85. The summed E-state index contributed by atoms with van der Waals surface area (Å²) in [5.74, 6) is -0.296. The average Bonchev–Trinajstić information content (AvgIpc) is 2.38. The summed E-state index contributed by atoms with van der Waals surface area (Å²) in [6.45, 7) is 0.00491. The maximum absolute atomic E-state index is 13.2. The minimum absolute atomic E-state index is 0.00491. The zero-order valence-electron chi connectivity index (χ0n) is 9.08. The molecule has 0 aliphatic carbocycles. The summed E-state index contributed by atoms with van der Waals surface area (Å²) in [6, 6.07) is 9.48. The van der Waals surface area contributed by atoms with Crippen molar-refractivity contribution < 1.29 is 14.2 Å². The van der Waals surface area contributed by atoms with E-state index >= 15 is 0 Å². The third-order valence-electron chi connectivity index (χ3n) is 2.32. The molecule has 1 atom stereocenters. The first-order valence-electron chi connectivity index (χ1n) is 5.22. The van der Waals surface area contributed by atoms with Gasteiger partial charge in [0.05, 0.1) is 0 Å². The van der Waals surface area contributed by atoms with E-state index in [0.717, 1.165) is 0 Å². The Morgan fingerprint density at radius 1 is 1.18 bits per heavy atom. The number of nitrogens with zero attached hydrogens (tertiary/aromatic N) is 1. The van der Waals surface area contributed by atoms with Crippen LogP contribution in [0.4, 0.5) is 4.39 Å². The molecular formula is C13H12FNO2. The molecule has 0 aliphatic rings. The Labute approximate surface area is 98.5 Å². The summed E-state index contributed by atoms with van der Waals surface area (Å²) < 4.78 is 18.4. The molecule has 2 aromatic rings. The molecule has 88 valence electrons. The fourth-order valence-corrected chi connectivity index (χ4v) is 1.41. The van der Waals surface area contributed by atoms with Crippen molar-refractivity contribution >= 4 is 0 Å². The summed E-state index contributed by atoms with van der Waals surface area (Å²) in [6.07, 6.45) is 2.38. The van der Waals surface area contributed by atoms with Crippen molar-refractivity contribution in [1.29, 1.82) is 0 Å². The van der Waals surface area contributed by atoms with Gasteiger partial charge in [-0.05, 0) is 29.8 Å². The molecule has 0 saturated carbocycles. The Morgan fingerprint density at radius 3 is 2.59 bits per heavy atom. The number of hydrogen-bond acceptors (Lipinski definition) is 3. The van der Waals surface area contributed by atoms with Crippen molar-refractivity contribution in [2.24, 2.45) is 0 Å². The van der Waals surface area contributed by atoms with Crippen LogP contribution in [0.15, 0.2) is 48.8 Å². The number of rotatable bonds is 4. The van der Waals surface area contributed by atoms with Gasteiger partial charge in [0.1, 0.15) is 12.7 Å². The molecule has 1 unspecified atom stereocenters. The monoisotopic (exact) mass is 233 g/mol. The van der Waals surface area contributed by atoms with Crippen LogP contribution in [-0.2, 0) is 0 Å². The molecule has 0 radical (unpaired) electrons. The highest BCUT2D eigenvalue weighted by molar-refractivity contribution is 5.24. The van der Waals surface area contributed by atoms with Crippen molar-refractivity contribution in [3.8, 4) is 5.75 Å². The van der Waals surface area contributed by atoms with Crippen LogP contribution in [0, 0.1) is 5.82 Å². The van der Waals surface area contributed by atoms with Crippen molar-refractivity contribution in [2.75, 3.05) is 6.61 Å². The minimum atomic E-state index is -0.794. The molecule has 1 aromatic heterocycles. The van der Waals surface area contributed by atoms with Crippen LogP contribution in [0.3, 0.4) is 0 Å². The minimum Gasteiger partial charge on any atom is -0.487 e. The van der Waals surface area contributed by atoms with Gasteiger partial charge in [0.15, 0.2) is 11.6 Å². The number of halogens is 1. The lowest BCUT2D eigenvalue weighted by Crippen LogP contribution is -2.10. The van der Waals surface area contributed by atoms with Gasteiger partial charge < -0.3 is 9.84 Å². The summed E-state index contributed by atoms with van der Waals surface area (Å²) in [5, 5.41) is 9.80. The second-order valence-corrected chi connectivity index (χ2v) is 3.54. The summed E-state index contributed by atoms with van der Waals surface area (Å²) in [5.41, 5.74) is 0.691. The van der Waals surface area contributed by atoms with Gasteiger partial charge in [0, 0.05) is 12.4 Å². The van der Waals surface area contributed by atoms with Crippen LogP contribution in [0.2, 0.25) is 0 Å². The Balaban J connectivity index is 1.97. The summed E-state index contributed by atoms with van der Waals surface area (Å²) >= 11 is 0. The lowest BCUT2D eigenvalue weighted by atomic mass is 10.2. The Hall–Kier alpha value is -1.94. The van der Waals surface area contributed by atoms with Gasteiger partial charge in [0.2, 0.25) is 0 Å². The molecule has 17 heavy (non-hydrogen) atoms. The molecule has 0 amide bonds. The topological polar surface area (TPSA) is 42.4 Å². The second-order valence-electron chi connectivity index (χ2n) is 3.54. The molecule has 1 heterocycles. The quantitative estimate of drug-likeness (QED) is 0.881. The van der Waals surface area contributed by atoms with Gasteiger partial charge in [0.25, 0.3) is 0 Å². The van der Waals surface area contributed by atoms with E-state index in [0.29, 0.717) is 5.56 Å². The van der Waals surface area contributed by atoms with E-state index in [9.17, 15) is 9.50 Å². The van der Waals surface area contributed by atoms with Crippen LogP contribution in [0.5, 0.6) is 5.75 Å². The molecule has 0 bridgehead atoms. The second kappa shape index (κ2) is 5.41. The Bertz CT molecular complexity index is 476. The standard InChI is InChI=1S/C13H12FNO2/c14-11-3-1-2-4-13(11)17-9-12(16)10-5-7-15-8-6-10/h1-8,12,16H,9H2. The maximum Gasteiger partial charge on any atom is 0.165 e.